The molecule has 0 unspecified atom stereocenters. The average molecular weight is 557 g/mol. The minimum absolute atomic E-state index is 0.00192. The van der Waals surface area contributed by atoms with E-state index in [4.69, 9.17) is 29.0 Å². The summed E-state index contributed by atoms with van der Waals surface area (Å²) < 4.78 is 31.6. The van der Waals surface area contributed by atoms with Crippen LogP contribution in [0.25, 0.3) is 0 Å². The molecule has 0 saturated carbocycles. The fourth-order valence-corrected chi connectivity index (χ4v) is 3.95. The van der Waals surface area contributed by atoms with Gasteiger partial charge in [-0.2, -0.15) is 8.42 Å². The third kappa shape index (κ3) is 14.0. The van der Waals surface area contributed by atoms with Crippen LogP contribution in [0, 0.1) is 5.92 Å². The molecule has 1 fully saturated rings. The van der Waals surface area contributed by atoms with Gasteiger partial charge in [-0.1, -0.05) is 44.2 Å². The molecule has 1 heterocycles. The summed E-state index contributed by atoms with van der Waals surface area (Å²) in [5.41, 5.74) is 11.7. The molecule has 3 atom stereocenters. The van der Waals surface area contributed by atoms with Gasteiger partial charge in [0.05, 0.1) is 12.1 Å². The lowest BCUT2D eigenvalue weighted by molar-refractivity contribution is -0.140. The summed E-state index contributed by atoms with van der Waals surface area (Å²) in [4.78, 5) is 43.5. The van der Waals surface area contributed by atoms with E-state index in [1.165, 1.54) is 0 Å². The van der Waals surface area contributed by atoms with Crippen LogP contribution < -0.4 is 22.1 Å². The Morgan fingerprint density at radius 3 is 2.39 bits per heavy atom. The second-order valence-electron chi connectivity index (χ2n) is 9.38. The molecule has 1 aromatic rings. The van der Waals surface area contributed by atoms with E-state index >= 15 is 0 Å². The Morgan fingerprint density at radius 1 is 1.21 bits per heavy atom. The van der Waals surface area contributed by atoms with Gasteiger partial charge in [0.2, 0.25) is 11.8 Å². The van der Waals surface area contributed by atoms with Crippen LogP contribution in [-0.4, -0.2) is 84.2 Å². The first-order valence-corrected chi connectivity index (χ1v) is 13.8. The Morgan fingerprint density at radius 2 is 1.84 bits per heavy atom. The van der Waals surface area contributed by atoms with Crippen LogP contribution in [0.4, 0.5) is 0 Å². The molecule has 1 aromatic carbocycles. The monoisotopic (exact) mass is 556 g/mol. The van der Waals surface area contributed by atoms with Crippen molar-refractivity contribution in [2.75, 3.05) is 19.6 Å². The molecule has 14 heteroatoms. The first kappa shape index (κ1) is 33.0. The Labute approximate surface area is 224 Å². The van der Waals surface area contributed by atoms with Crippen molar-refractivity contribution in [3.05, 3.63) is 35.9 Å². The zero-order valence-corrected chi connectivity index (χ0v) is 22.6. The van der Waals surface area contributed by atoms with E-state index in [0.717, 1.165) is 18.3 Å². The Bertz CT molecular complexity index is 1010. The third-order valence-electron chi connectivity index (χ3n) is 5.65. The number of hydrogen-bond donors (Lipinski definition) is 6. The van der Waals surface area contributed by atoms with Crippen LogP contribution in [0.2, 0.25) is 0 Å². The number of benzene rings is 1. The van der Waals surface area contributed by atoms with Gasteiger partial charge in [0.1, 0.15) is 12.3 Å². The number of nitrogens with two attached hydrogens (primary N) is 2. The number of rotatable bonds is 13. The van der Waals surface area contributed by atoms with Crippen molar-refractivity contribution in [2.24, 2.45) is 22.4 Å². The lowest BCUT2D eigenvalue weighted by atomic mass is 10.0. The van der Waals surface area contributed by atoms with E-state index in [2.05, 4.69) is 29.5 Å². The summed E-state index contributed by atoms with van der Waals surface area (Å²) >= 11 is 0. The molecule has 8 N–H and O–H groups in total. The van der Waals surface area contributed by atoms with Gasteiger partial charge < -0.3 is 31.8 Å². The highest BCUT2D eigenvalue weighted by Gasteiger charge is 2.37. The van der Waals surface area contributed by atoms with Crippen LogP contribution in [0.3, 0.4) is 0 Å². The van der Waals surface area contributed by atoms with E-state index in [1.807, 2.05) is 30.3 Å². The maximum Gasteiger partial charge on any atom is 0.394 e. The van der Waals surface area contributed by atoms with Crippen molar-refractivity contribution < 1.29 is 31.9 Å². The standard InChI is InChI=1S/C24H38N6O3.H2O4S/c1-17(2)15-28-20(14-18-8-4-3-5-9-18)23(33)30-13-7-11-21(30)22(32)29-19(16-31)10-6-12-27-24(25)26;1-5(2,3)4/h3-5,8-9,16-17,19-21,28H,6-7,10-15H2,1-2H3,(H,29,32)(H4,25,26,27);(H2,1,2,3,4)/t19-,20+,21-;/m0./s1. The number of carbonyl (C=O) groups excluding carboxylic acids is 3. The number of guanidine groups is 1. The number of aldehydes is 1. The molecule has 0 aliphatic carbocycles. The number of aliphatic imine (C=N–C) groups is 1. The summed E-state index contributed by atoms with van der Waals surface area (Å²) in [6.07, 6.45) is 3.60. The van der Waals surface area contributed by atoms with E-state index < -0.39 is 28.5 Å². The van der Waals surface area contributed by atoms with E-state index in [1.54, 1.807) is 4.90 Å². The van der Waals surface area contributed by atoms with Crippen LogP contribution in [0.1, 0.15) is 45.1 Å². The molecule has 0 spiro atoms. The molecule has 1 saturated heterocycles. The van der Waals surface area contributed by atoms with Crippen LogP contribution in [0.5, 0.6) is 0 Å². The van der Waals surface area contributed by atoms with E-state index in [-0.39, 0.29) is 17.8 Å². The zero-order chi connectivity index (χ0) is 28.7. The predicted molar refractivity (Wildman–Crippen MR) is 144 cm³/mol. The Balaban J connectivity index is 0.00000132. The van der Waals surface area contributed by atoms with Crippen molar-refractivity contribution in [1.29, 1.82) is 0 Å². The molecule has 1 aliphatic heterocycles. The summed E-state index contributed by atoms with van der Waals surface area (Å²) in [6.45, 7) is 5.81. The second-order valence-corrected chi connectivity index (χ2v) is 10.3. The van der Waals surface area contributed by atoms with Gasteiger partial charge in [0.15, 0.2) is 5.96 Å². The van der Waals surface area contributed by atoms with Gasteiger partial charge in [-0.25, -0.2) is 0 Å². The summed E-state index contributed by atoms with van der Waals surface area (Å²) in [7, 11) is -4.67. The molecule has 38 heavy (non-hydrogen) atoms. The summed E-state index contributed by atoms with van der Waals surface area (Å²) in [6, 6.07) is 8.25. The van der Waals surface area contributed by atoms with Crippen molar-refractivity contribution in [3.63, 3.8) is 0 Å². The van der Waals surface area contributed by atoms with Crippen LogP contribution in [-0.2, 0) is 31.2 Å². The molecule has 2 amide bonds. The Hall–Kier alpha value is -3.07. The molecule has 0 radical (unpaired) electrons. The average Bonchev–Trinajstić information content (AvgIpc) is 3.32. The second kappa shape index (κ2) is 16.7. The third-order valence-corrected chi connectivity index (χ3v) is 5.65. The molecular formula is C24H40N6O7S. The topological polar surface area (TPSA) is 218 Å². The summed E-state index contributed by atoms with van der Waals surface area (Å²) in [5, 5.41) is 6.18. The normalized spacial score (nSPS) is 16.7. The van der Waals surface area contributed by atoms with Gasteiger partial charge in [-0.15, -0.1) is 0 Å². The predicted octanol–water partition coefficient (Wildman–Crippen LogP) is -0.0812. The van der Waals surface area contributed by atoms with Crippen molar-refractivity contribution in [2.45, 2.75) is 64.1 Å². The minimum atomic E-state index is -4.67. The van der Waals surface area contributed by atoms with Gasteiger partial charge in [0.25, 0.3) is 0 Å². The lowest BCUT2D eigenvalue weighted by Gasteiger charge is -2.30. The molecule has 13 nitrogen and oxygen atoms in total. The van der Waals surface area contributed by atoms with Crippen molar-refractivity contribution in [3.8, 4) is 0 Å². The minimum Gasteiger partial charge on any atom is -0.370 e. The highest BCUT2D eigenvalue weighted by Crippen LogP contribution is 2.20. The molecule has 2 rings (SSSR count). The quantitative estimate of drug-likeness (QED) is 0.0624. The largest absolute Gasteiger partial charge is 0.394 e. The smallest absolute Gasteiger partial charge is 0.370 e. The fraction of sp³-hybridized carbons (Fsp3) is 0.583. The molecule has 0 bridgehead atoms. The molecule has 214 valence electrons. The highest BCUT2D eigenvalue weighted by atomic mass is 32.3. The maximum absolute atomic E-state index is 13.5. The van der Waals surface area contributed by atoms with Crippen molar-refractivity contribution in [1.82, 2.24) is 15.5 Å². The van der Waals surface area contributed by atoms with Gasteiger partial charge in [-0.05, 0) is 50.1 Å². The molecule has 0 aromatic heterocycles. The zero-order valence-electron chi connectivity index (χ0n) is 21.8. The van der Waals surface area contributed by atoms with Gasteiger partial charge >= 0.3 is 10.4 Å². The SMILES string of the molecule is CC(C)CN[C@H](Cc1ccccc1)C(=O)N1CCC[C@H]1C(=O)N[C@H](C=O)CCCN=C(N)N.O=S(=O)(O)O. The first-order valence-electron chi connectivity index (χ1n) is 12.4. The number of nitrogens with zero attached hydrogens (tertiary/aromatic N) is 2. The highest BCUT2D eigenvalue weighted by molar-refractivity contribution is 7.79. The number of hydrogen-bond acceptors (Lipinski definition) is 7. The maximum atomic E-state index is 13.5. The number of carbonyl (C=O) groups is 3. The number of amides is 2. The number of likely N-dealkylation sites (tertiary alicyclic amines) is 1. The van der Waals surface area contributed by atoms with E-state index in [9.17, 15) is 14.4 Å². The Kier molecular flexibility index (Phi) is 14.5. The van der Waals surface area contributed by atoms with Gasteiger partial charge in [-0.3, -0.25) is 23.7 Å². The summed E-state index contributed by atoms with van der Waals surface area (Å²) in [5.74, 6) is 0.0219. The van der Waals surface area contributed by atoms with E-state index in [0.29, 0.717) is 51.2 Å². The van der Waals surface area contributed by atoms with Crippen molar-refractivity contribution >= 4 is 34.5 Å². The molecule has 1 aliphatic rings. The number of nitrogens with one attached hydrogen (secondary N) is 2. The first-order chi connectivity index (χ1) is 17.8. The van der Waals surface area contributed by atoms with Gasteiger partial charge in [0, 0.05) is 13.1 Å². The fourth-order valence-electron chi connectivity index (χ4n) is 3.95. The molecular weight excluding hydrogens is 516 g/mol. The lowest BCUT2D eigenvalue weighted by Crippen LogP contribution is -2.54. The van der Waals surface area contributed by atoms with Crippen LogP contribution >= 0.6 is 0 Å². The van der Waals surface area contributed by atoms with Crippen LogP contribution in [0.15, 0.2) is 35.3 Å².